The summed E-state index contributed by atoms with van der Waals surface area (Å²) >= 11 is 0. The third-order valence-electron chi connectivity index (χ3n) is 5.46. The molecule has 4 heteroatoms. The summed E-state index contributed by atoms with van der Waals surface area (Å²) in [6, 6.07) is 8.59. The van der Waals surface area contributed by atoms with Gasteiger partial charge in [-0.15, -0.1) is 0 Å². The molecule has 128 valence electrons. The minimum Gasteiger partial charge on any atom is -0.349 e. The van der Waals surface area contributed by atoms with Crippen LogP contribution in [-0.4, -0.2) is 28.8 Å². The molecule has 0 spiro atoms. The second-order valence-corrected chi connectivity index (χ2v) is 7.62. The largest absolute Gasteiger partial charge is 0.349 e. The predicted octanol–water partition coefficient (Wildman–Crippen LogP) is 3.26. The lowest BCUT2D eigenvalue weighted by atomic mass is 10.1. The highest BCUT2D eigenvalue weighted by Crippen LogP contribution is 2.34. The number of carbonyl (C=O) groups is 2. The van der Waals surface area contributed by atoms with Crippen LogP contribution in [0.4, 0.5) is 0 Å². The van der Waals surface area contributed by atoms with Gasteiger partial charge < -0.3 is 10.2 Å². The summed E-state index contributed by atoms with van der Waals surface area (Å²) in [5.41, 5.74) is 1.84. The summed E-state index contributed by atoms with van der Waals surface area (Å²) in [6.45, 7) is 0.685. The molecule has 0 atom stereocenters. The van der Waals surface area contributed by atoms with Crippen LogP contribution in [0.15, 0.2) is 24.3 Å². The number of hydrogen-bond donors (Lipinski definition) is 1. The van der Waals surface area contributed by atoms with E-state index in [9.17, 15) is 9.59 Å². The first kappa shape index (κ1) is 15.7. The fourth-order valence-corrected chi connectivity index (χ4v) is 3.64. The molecular weight excluding hydrogens is 300 g/mol. The van der Waals surface area contributed by atoms with Crippen molar-refractivity contribution in [2.24, 2.45) is 5.92 Å². The smallest absolute Gasteiger partial charge is 0.251 e. The second-order valence-electron chi connectivity index (χ2n) is 7.62. The van der Waals surface area contributed by atoms with Gasteiger partial charge in [0.1, 0.15) is 0 Å². The molecule has 0 radical (unpaired) electrons. The Labute approximate surface area is 143 Å². The molecule has 3 saturated carbocycles. The highest BCUT2D eigenvalue weighted by molar-refractivity contribution is 5.94. The summed E-state index contributed by atoms with van der Waals surface area (Å²) in [7, 11) is 0. The number of rotatable bonds is 6. The van der Waals surface area contributed by atoms with E-state index in [1.54, 1.807) is 0 Å². The molecule has 24 heavy (non-hydrogen) atoms. The third kappa shape index (κ3) is 3.63. The minimum atomic E-state index is 0.0186. The molecule has 1 N–H and O–H groups in total. The molecule has 4 rings (SSSR count). The minimum absolute atomic E-state index is 0.0186. The second kappa shape index (κ2) is 6.58. The zero-order chi connectivity index (χ0) is 16.5. The normalized spacial score (nSPS) is 20.8. The Morgan fingerprint density at radius 2 is 1.62 bits per heavy atom. The van der Waals surface area contributed by atoms with Crippen LogP contribution in [0, 0.1) is 5.92 Å². The maximum absolute atomic E-state index is 12.8. The van der Waals surface area contributed by atoms with Crippen LogP contribution in [0.5, 0.6) is 0 Å². The zero-order valence-electron chi connectivity index (χ0n) is 14.2. The van der Waals surface area contributed by atoms with E-state index in [0.717, 1.165) is 44.1 Å². The highest BCUT2D eigenvalue weighted by Gasteiger charge is 2.36. The van der Waals surface area contributed by atoms with Gasteiger partial charge in [0.05, 0.1) is 0 Å². The van der Waals surface area contributed by atoms with Gasteiger partial charge in [0.15, 0.2) is 0 Å². The van der Waals surface area contributed by atoms with Crippen molar-refractivity contribution in [1.82, 2.24) is 10.2 Å². The van der Waals surface area contributed by atoms with Gasteiger partial charge >= 0.3 is 0 Å². The first-order chi connectivity index (χ1) is 11.7. The summed E-state index contributed by atoms with van der Waals surface area (Å²) in [6.07, 6.45) is 8.98. The van der Waals surface area contributed by atoms with E-state index < -0.39 is 0 Å². The maximum Gasteiger partial charge on any atom is 0.251 e. The van der Waals surface area contributed by atoms with Gasteiger partial charge in [-0.05, 0) is 56.2 Å². The van der Waals surface area contributed by atoms with Gasteiger partial charge in [0, 0.05) is 30.1 Å². The van der Waals surface area contributed by atoms with Crippen molar-refractivity contribution in [2.75, 3.05) is 0 Å². The van der Waals surface area contributed by atoms with Gasteiger partial charge in [-0.25, -0.2) is 0 Å². The van der Waals surface area contributed by atoms with Gasteiger partial charge in [0.2, 0.25) is 5.91 Å². The van der Waals surface area contributed by atoms with Crippen LogP contribution < -0.4 is 5.32 Å². The molecule has 3 fully saturated rings. The fourth-order valence-electron chi connectivity index (χ4n) is 3.64. The molecule has 0 bridgehead atoms. The first-order valence-corrected chi connectivity index (χ1v) is 9.41. The van der Waals surface area contributed by atoms with E-state index >= 15 is 0 Å². The Morgan fingerprint density at radius 3 is 2.21 bits per heavy atom. The number of benzene rings is 1. The van der Waals surface area contributed by atoms with Crippen LogP contribution in [-0.2, 0) is 11.3 Å². The molecule has 1 aromatic rings. The Kier molecular flexibility index (Phi) is 4.30. The Bertz CT molecular complexity index is 611. The molecule has 0 saturated heterocycles. The van der Waals surface area contributed by atoms with Crippen molar-refractivity contribution in [3.8, 4) is 0 Å². The highest BCUT2D eigenvalue weighted by atomic mass is 16.2. The summed E-state index contributed by atoms with van der Waals surface area (Å²) < 4.78 is 0. The molecule has 2 amide bonds. The lowest BCUT2D eigenvalue weighted by Crippen LogP contribution is -2.36. The number of hydrogen-bond acceptors (Lipinski definition) is 2. The first-order valence-electron chi connectivity index (χ1n) is 9.41. The van der Waals surface area contributed by atoms with Crippen molar-refractivity contribution in [3.63, 3.8) is 0 Å². The Balaban J connectivity index is 1.40. The van der Waals surface area contributed by atoms with E-state index in [4.69, 9.17) is 0 Å². The number of carbonyl (C=O) groups excluding carboxylic acids is 2. The van der Waals surface area contributed by atoms with Crippen molar-refractivity contribution in [1.29, 1.82) is 0 Å². The average molecular weight is 326 g/mol. The molecule has 3 aliphatic rings. The van der Waals surface area contributed by atoms with Crippen LogP contribution in [0.25, 0.3) is 0 Å². The van der Waals surface area contributed by atoms with Gasteiger partial charge in [-0.3, -0.25) is 9.59 Å². The molecule has 0 heterocycles. The molecule has 3 aliphatic carbocycles. The predicted molar refractivity (Wildman–Crippen MR) is 92.5 cm³/mol. The SMILES string of the molecule is O=C(NC1CC1)c1ccc(CN(C(=O)C2CCCC2)C2CC2)cc1. The number of amides is 2. The fraction of sp³-hybridized carbons (Fsp3) is 0.600. The topological polar surface area (TPSA) is 49.4 Å². The zero-order valence-corrected chi connectivity index (χ0v) is 14.2. The number of nitrogens with one attached hydrogen (secondary N) is 1. The Hall–Kier alpha value is -1.84. The lowest BCUT2D eigenvalue weighted by Gasteiger charge is -2.25. The Morgan fingerprint density at radius 1 is 0.958 bits per heavy atom. The molecule has 0 aliphatic heterocycles. The van der Waals surface area contributed by atoms with Crippen molar-refractivity contribution in [3.05, 3.63) is 35.4 Å². The molecule has 1 aromatic carbocycles. The van der Waals surface area contributed by atoms with E-state index in [1.165, 1.54) is 12.8 Å². The van der Waals surface area contributed by atoms with E-state index in [1.807, 2.05) is 24.3 Å². The average Bonchev–Trinajstić information content (AvgIpc) is 3.53. The van der Waals surface area contributed by atoms with Crippen molar-refractivity contribution < 1.29 is 9.59 Å². The molecule has 0 aromatic heterocycles. The molecule has 0 unspecified atom stereocenters. The van der Waals surface area contributed by atoms with Crippen molar-refractivity contribution >= 4 is 11.8 Å². The van der Waals surface area contributed by atoms with Crippen LogP contribution in [0.1, 0.15) is 67.3 Å². The van der Waals surface area contributed by atoms with Crippen LogP contribution in [0.2, 0.25) is 0 Å². The monoisotopic (exact) mass is 326 g/mol. The molecular formula is C20H26N2O2. The third-order valence-corrected chi connectivity index (χ3v) is 5.46. The van der Waals surface area contributed by atoms with E-state index in [2.05, 4.69) is 10.2 Å². The van der Waals surface area contributed by atoms with Crippen LogP contribution in [0.3, 0.4) is 0 Å². The van der Waals surface area contributed by atoms with E-state index in [0.29, 0.717) is 30.1 Å². The summed E-state index contributed by atoms with van der Waals surface area (Å²) in [5.74, 6) is 0.616. The van der Waals surface area contributed by atoms with Gasteiger partial charge in [0.25, 0.3) is 5.91 Å². The maximum atomic E-state index is 12.8. The number of nitrogens with zero attached hydrogens (tertiary/aromatic N) is 1. The van der Waals surface area contributed by atoms with Gasteiger partial charge in [-0.2, -0.15) is 0 Å². The summed E-state index contributed by atoms with van der Waals surface area (Å²) in [4.78, 5) is 26.9. The lowest BCUT2D eigenvalue weighted by molar-refractivity contribution is -0.136. The van der Waals surface area contributed by atoms with Crippen LogP contribution >= 0.6 is 0 Å². The standard InChI is InChI=1S/C20H26N2O2/c23-19(21-17-9-10-17)15-7-5-14(6-8-15)13-22(18-11-12-18)20(24)16-3-1-2-4-16/h5-8,16-18H,1-4,9-13H2,(H,21,23). The quantitative estimate of drug-likeness (QED) is 0.872. The van der Waals surface area contributed by atoms with E-state index in [-0.39, 0.29) is 11.8 Å². The molecule has 4 nitrogen and oxygen atoms in total. The van der Waals surface area contributed by atoms with Crippen molar-refractivity contribution in [2.45, 2.75) is 70.0 Å². The van der Waals surface area contributed by atoms with Gasteiger partial charge in [-0.1, -0.05) is 25.0 Å². The summed E-state index contributed by atoms with van der Waals surface area (Å²) in [5, 5.41) is 3.01.